The number of halogens is 1. The molecule has 11 heteroatoms. The number of hydrogen-bond donors (Lipinski definition) is 1. The second-order valence-electron chi connectivity index (χ2n) is 7.74. The van der Waals surface area contributed by atoms with Gasteiger partial charge in [0.1, 0.15) is 16.8 Å². The van der Waals surface area contributed by atoms with Gasteiger partial charge in [0, 0.05) is 28.5 Å². The molecular formula is C22H24FN3O5S2. The lowest BCUT2D eigenvalue weighted by Gasteiger charge is -2.20. The number of aryl methyl sites for hydroxylation is 1. The van der Waals surface area contributed by atoms with E-state index in [0.717, 1.165) is 17.8 Å². The fraction of sp³-hybridized carbons (Fsp3) is 0.318. The number of ether oxygens (including phenoxy) is 1. The van der Waals surface area contributed by atoms with Crippen molar-refractivity contribution >= 4 is 33.1 Å². The van der Waals surface area contributed by atoms with E-state index in [-0.39, 0.29) is 0 Å². The standard InChI is InChI=1S/C22H24FN3O5S2/c1-13(2)20(25-33(29,30)19-8-6-5-7-17(19)23)21(28)31-12-18(27)16-11-14(3)26(15(16)4)22-24-9-10-32-22/h5-11,13,20,25H,12H2,1-4H3. The summed E-state index contributed by atoms with van der Waals surface area (Å²) in [5.74, 6) is -2.80. The van der Waals surface area contributed by atoms with Gasteiger partial charge >= 0.3 is 5.97 Å². The number of aromatic nitrogens is 2. The number of Topliss-reactive ketones (excluding diaryl/α,β-unsaturated/α-hetero) is 1. The van der Waals surface area contributed by atoms with Gasteiger partial charge in [-0.2, -0.15) is 4.72 Å². The topological polar surface area (TPSA) is 107 Å². The Bertz CT molecular complexity index is 1270. The van der Waals surface area contributed by atoms with Gasteiger partial charge in [-0.15, -0.1) is 11.3 Å². The number of esters is 1. The molecule has 1 unspecified atom stereocenters. The summed E-state index contributed by atoms with van der Waals surface area (Å²) in [4.78, 5) is 29.1. The second kappa shape index (κ2) is 9.94. The number of benzene rings is 1. The predicted octanol–water partition coefficient (Wildman–Crippen LogP) is 3.42. The van der Waals surface area contributed by atoms with Crippen molar-refractivity contribution in [3.05, 3.63) is 64.7 Å². The van der Waals surface area contributed by atoms with Crippen LogP contribution in [0.2, 0.25) is 0 Å². The maximum Gasteiger partial charge on any atom is 0.324 e. The fourth-order valence-electron chi connectivity index (χ4n) is 3.32. The monoisotopic (exact) mass is 493 g/mol. The lowest BCUT2D eigenvalue weighted by atomic mass is 10.1. The molecule has 1 N–H and O–H groups in total. The number of hydrogen-bond acceptors (Lipinski definition) is 7. The molecular weight excluding hydrogens is 469 g/mol. The molecule has 0 amide bonds. The molecule has 1 aromatic carbocycles. The first-order valence-corrected chi connectivity index (χ1v) is 12.4. The SMILES string of the molecule is Cc1cc(C(=O)COC(=O)C(NS(=O)(=O)c2ccccc2F)C(C)C)c(C)n1-c1nccs1. The highest BCUT2D eigenvalue weighted by atomic mass is 32.2. The van der Waals surface area contributed by atoms with Gasteiger partial charge in [0.05, 0.1) is 0 Å². The number of thiazole rings is 1. The van der Waals surface area contributed by atoms with Crippen molar-refractivity contribution in [1.82, 2.24) is 14.3 Å². The van der Waals surface area contributed by atoms with E-state index in [1.54, 1.807) is 33.0 Å². The molecule has 0 radical (unpaired) electrons. The third-order valence-corrected chi connectivity index (χ3v) is 7.25. The number of nitrogens with one attached hydrogen (secondary N) is 1. The number of carbonyl (C=O) groups is 2. The number of ketones is 1. The highest BCUT2D eigenvalue weighted by Crippen LogP contribution is 2.23. The van der Waals surface area contributed by atoms with Crippen molar-refractivity contribution in [3.8, 4) is 5.13 Å². The first-order chi connectivity index (χ1) is 15.5. The van der Waals surface area contributed by atoms with E-state index in [1.807, 2.05) is 16.9 Å². The van der Waals surface area contributed by atoms with Gasteiger partial charge in [0.25, 0.3) is 0 Å². The minimum Gasteiger partial charge on any atom is -0.456 e. The Morgan fingerprint density at radius 2 is 1.94 bits per heavy atom. The third-order valence-electron chi connectivity index (χ3n) is 5.02. The Kier molecular flexibility index (Phi) is 7.45. The van der Waals surface area contributed by atoms with Crippen LogP contribution in [0.25, 0.3) is 5.13 Å². The van der Waals surface area contributed by atoms with Crippen LogP contribution in [0.1, 0.15) is 35.6 Å². The molecule has 0 aliphatic carbocycles. The van der Waals surface area contributed by atoms with Gasteiger partial charge in [-0.1, -0.05) is 26.0 Å². The Hall–Kier alpha value is -2.89. The lowest BCUT2D eigenvalue weighted by molar-refractivity contribution is -0.145. The molecule has 2 aromatic heterocycles. The van der Waals surface area contributed by atoms with E-state index in [1.165, 1.54) is 23.5 Å². The minimum atomic E-state index is -4.32. The van der Waals surface area contributed by atoms with Crippen LogP contribution in [-0.2, 0) is 19.6 Å². The Balaban J connectivity index is 1.73. The van der Waals surface area contributed by atoms with Crippen LogP contribution >= 0.6 is 11.3 Å². The molecule has 0 aliphatic rings. The molecule has 0 saturated carbocycles. The normalized spacial score (nSPS) is 12.7. The molecule has 0 bridgehead atoms. The van der Waals surface area contributed by atoms with E-state index >= 15 is 0 Å². The van der Waals surface area contributed by atoms with Crippen LogP contribution in [0.15, 0.2) is 46.8 Å². The van der Waals surface area contributed by atoms with Crippen LogP contribution < -0.4 is 4.72 Å². The highest BCUT2D eigenvalue weighted by Gasteiger charge is 2.31. The van der Waals surface area contributed by atoms with Gasteiger partial charge in [-0.25, -0.2) is 17.8 Å². The van der Waals surface area contributed by atoms with Gasteiger partial charge < -0.3 is 4.74 Å². The first-order valence-electron chi connectivity index (χ1n) is 10.1. The van der Waals surface area contributed by atoms with E-state index in [0.29, 0.717) is 16.4 Å². The number of carbonyl (C=O) groups excluding carboxylic acids is 2. The van der Waals surface area contributed by atoms with Crippen molar-refractivity contribution in [2.24, 2.45) is 5.92 Å². The molecule has 0 aliphatic heterocycles. The molecule has 0 spiro atoms. The second-order valence-corrected chi connectivity index (χ2v) is 10.3. The number of sulfonamides is 1. The van der Waals surface area contributed by atoms with Gasteiger partial charge in [0.2, 0.25) is 15.8 Å². The molecule has 33 heavy (non-hydrogen) atoms. The Morgan fingerprint density at radius 3 is 2.55 bits per heavy atom. The zero-order valence-electron chi connectivity index (χ0n) is 18.5. The number of rotatable bonds is 9. The maximum absolute atomic E-state index is 14.0. The van der Waals surface area contributed by atoms with E-state index < -0.39 is 51.1 Å². The average molecular weight is 494 g/mol. The molecule has 3 aromatic rings. The summed E-state index contributed by atoms with van der Waals surface area (Å²) in [5.41, 5.74) is 1.84. The summed E-state index contributed by atoms with van der Waals surface area (Å²) in [6, 6.07) is 5.24. The predicted molar refractivity (Wildman–Crippen MR) is 122 cm³/mol. The van der Waals surface area contributed by atoms with Crippen molar-refractivity contribution in [3.63, 3.8) is 0 Å². The van der Waals surface area contributed by atoms with E-state index in [9.17, 15) is 22.4 Å². The summed E-state index contributed by atoms with van der Waals surface area (Å²) in [6.45, 7) is 6.26. The maximum atomic E-state index is 14.0. The zero-order valence-corrected chi connectivity index (χ0v) is 20.2. The molecule has 0 saturated heterocycles. The summed E-state index contributed by atoms with van der Waals surface area (Å²) in [7, 11) is -4.32. The quantitative estimate of drug-likeness (QED) is 0.362. The molecule has 0 fully saturated rings. The summed E-state index contributed by atoms with van der Waals surface area (Å²) in [6.07, 6.45) is 1.66. The largest absolute Gasteiger partial charge is 0.456 e. The number of nitrogens with zero attached hydrogens (tertiary/aromatic N) is 2. The van der Waals surface area contributed by atoms with Crippen LogP contribution in [0.5, 0.6) is 0 Å². The van der Waals surface area contributed by atoms with Crippen LogP contribution in [0, 0.1) is 25.6 Å². The van der Waals surface area contributed by atoms with Gasteiger partial charge in [-0.3, -0.25) is 14.2 Å². The zero-order chi connectivity index (χ0) is 24.3. The van der Waals surface area contributed by atoms with E-state index in [4.69, 9.17) is 4.74 Å². The lowest BCUT2D eigenvalue weighted by Crippen LogP contribution is -2.45. The molecule has 3 rings (SSSR count). The van der Waals surface area contributed by atoms with E-state index in [2.05, 4.69) is 9.71 Å². The van der Waals surface area contributed by atoms with Crippen molar-refractivity contribution in [1.29, 1.82) is 0 Å². The van der Waals surface area contributed by atoms with Crippen molar-refractivity contribution in [2.45, 2.75) is 38.6 Å². The third kappa shape index (κ3) is 5.37. The Morgan fingerprint density at radius 1 is 1.24 bits per heavy atom. The first kappa shape index (κ1) is 24.7. The minimum absolute atomic E-state index is 0.378. The van der Waals surface area contributed by atoms with Crippen LogP contribution in [-0.4, -0.2) is 42.4 Å². The van der Waals surface area contributed by atoms with Crippen LogP contribution in [0.3, 0.4) is 0 Å². The smallest absolute Gasteiger partial charge is 0.324 e. The molecule has 2 heterocycles. The highest BCUT2D eigenvalue weighted by molar-refractivity contribution is 7.89. The molecule has 1 atom stereocenters. The summed E-state index contributed by atoms with van der Waals surface area (Å²) < 4.78 is 48.3. The summed E-state index contributed by atoms with van der Waals surface area (Å²) in [5, 5.41) is 2.54. The molecule has 8 nitrogen and oxygen atoms in total. The molecule has 176 valence electrons. The van der Waals surface area contributed by atoms with Crippen molar-refractivity contribution in [2.75, 3.05) is 6.61 Å². The Labute approximate surface area is 195 Å². The van der Waals surface area contributed by atoms with Crippen LogP contribution in [0.4, 0.5) is 4.39 Å². The summed E-state index contributed by atoms with van der Waals surface area (Å²) >= 11 is 1.42. The van der Waals surface area contributed by atoms with Gasteiger partial charge in [-0.05, 0) is 38.0 Å². The van der Waals surface area contributed by atoms with Crippen molar-refractivity contribution < 1.29 is 27.1 Å². The fourth-order valence-corrected chi connectivity index (χ4v) is 5.48. The van der Waals surface area contributed by atoms with Gasteiger partial charge in [0.15, 0.2) is 11.7 Å². The average Bonchev–Trinajstić information content (AvgIpc) is 3.37.